The third-order valence-electron chi connectivity index (χ3n) is 1.77. The lowest BCUT2D eigenvalue weighted by molar-refractivity contribution is -0.153. The number of carbonyl (C=O) groups excluding carboxylic acids is 2. The van der Waals surface area contributed by atoms with Crippen molar-refractivity contribution in [2.75, 3.05) is 0 Å². The van der Waals surface area contributed by atoms with E-state index in [1.165, 1.54) is 18.5 Å². The molecule has 13 heavy (non-hydrogen) atoms. The average molecular weight is 179 g/mol. The van der Waals surface area contributed by atoms with Crippen LogP contribution in [0.25, 0.3) is 0 Å². The van der Waals surface area contributed by atoms with Crippen LogP contribution in [0.3, 0.4) is 0 Å². The largest absolute Gasteiger partial charge is 0.374 e. The Bertz CT molecular complexity index is 369. The summed E-state index contributed by atoms with van der Waals surface area (Å²) in [7, 11) is 0. The molecule has 0 radical (unpaired) electrons. The zero-order valence-corrected chi connectivity index (χ0v) is 6.41. The van der Waals surface area contributed by atoms with Crippen molar-refractivity contribution in [2.24, 2.45) is 15.9 Å². The molecule has 0 aliphatic carbocycles. The number of amides is 3. The first kappa shape index (κ1) is 7.81. The Morgan fingerprint density at radius 3 is 3.00 bits per heavy atom. The summed E-state index contributed by atoms with van der Waals surface area (Å²) in [6, 6.07) is -0.962. The van der Waals surface area contributed by atoms with Crippen LogP contribution in [0, 0.1) is 5.92 Å². The Hall–Kier alpha value is -1.82. The molecule has 6 heteroatoms. The van der Waals surface area contributed by atoms with Crippen LogP contribution in [0.1, 0.15) is 0 Å². The van der Waals surface area contributed by atoms with E-state index in [0.717, 1.165) is 0 Å². The summed E-state index contributed by atoms with van der Waals surface area (Å²) >= 11 is 0. The molecule has 1 atom stereocenters. The smallest absolute Gasteiger partial charge is 0.277 e. The number of hydroxylamine groups is 2. The van der Waals surface area contributed by atoms with Gasteiger partial charge in [0.25, 0.3) is 5.91 Å². The van der Waals surface area contributed by atoms with Gasteiger partial charge >= 0.3 is 6.03 Å². The van der Waals surface area contributed by atoms with Gasteiger partial charge in [-0.2, -0.15) is 4.99 Å². The number of urea groups is 1. The van der Waals surface area contributed by atoms with Crippen molar-refractivity contribution in [3.63, 3.8) is 0 Å². The lowest BCUT2D eigenvalue weighted by Gasteiger charge is -2.22. The van der Waals surface area contributed by atoms with E-state index in [4.69, 9.17) is 5.21 Å². The molecule has 1 N–H and O–H groups in total. The minimum absolute atomic E-state index is 0.000648. The standard InChI is InChI=1S/C7H5N3O3/c11-6-4-3-8-2-1-5(4)9-7(12)10(6)13/h1-4,13H. The van der Waals surface area contributed by atoms with Crippen molar-refractivity contribution in [1.29, 1.82) is 0 Å². The van der Waals surface area contributed by atoms with Crippen molar-refractivity contribution in [3.8, 4) is 0 Å². The predicted molar refractivity (Wildman–Crippen MR) is 42.6 cm³/mol. The Balaban J connectivity index is 2.46. The highest BCUT2D eigenvalue weighted by molar-refractivity contribution is 6.27. The zero-order chi connectivity index (χ0) is 9.42. The van der Waals surface area contributed by atoms with Gasteiger partial charge in [-0.15, -0.1) is 5.06 Å². The van der Waals surface area contributed by atoms with Gasteiger partial charge in [-0.3, -0.25) is 15.0 Å². The number of rotatable bonds is 0. The fraction of sp³-hybridized carbons (Fsp3) is 0.143. The third kappa shape index (κ3) is 1.07. The molecule has 0 spiro atoms. The van der Waals surface area contributed by atoms with Crippen molar-refractivity contribution in [3.05, 3.63) is 12.3 Å². The number of imide groups is 1. The van der Waals surface area contributed by atoms with Crippen LogP contribution in [-0.2, 0) is 4.79 Å². The highest BCUT2D eigenvalue weighted by Gasteiger charge is 2.35. The molecule has 0 bridgehead atoms. The molecule has 2 aliphatic heterocycles. The molecule has 0 saturated carbocycles. The maximum atomic E-state index is 11.2. The molecule has 0 aromatic heterocycles. The molecule has 1 unspecified atom stereocenters. The third-order valence-corrected chi connectivity index (χ3v) is 1.77. The van der Waals surface area contributed by atoms with E-state index in [1.807, 2.05) is 0 Å². The number of allylic oxidation sites excluding steroid dienone is 1. The zero-order valence-electron chi connectivity index (χ0n) is 6.41. The Morgan fingerprint density at radius 2 is 2.23 bits per heavy atom. The summed E-state index contributed by atoms with van der Waals surface area (Å²) in [6.45, 7) is 0. The first-order valence-electron chi connectivity index (χ1n) is 3.55. The lowest BCUT2D eigenvalue weighted by Crippen LogP contribution is -2.45. The van der Waals surface area contributed by atoms with E-state index in [2.05, 4.69) is 9.98 Å². The van der Waals surface area contributed by atoms with Crippen LogP contribution >= 0.6 is 0 Å². The maximum Gasteiger partial charge on any atom is 0.374 e. The van der Waals surface area contributed by atoms with Gasteiger partial charge in [0.05, 0.1) is 5.71 Å². The van der Waals surface area contributed by atoms with E-state index in [1.54, 1.807) is 0 Å². The number of fused-ring (bicyclic) bond motifs is 1. The highest BCUT2D eigenvalue weighted by atomic mass is 16.5. The van der Waals surface area contributed by atoms with Crippen LogP contribution in [0.4, 0.5) is 4.79 Å². The topological polar surface area (TPSA) is 82.3 Å². The molecule has 66 valence electrons. The second kappa shape index (κ2) is 2.60. The minimum Gasteiger partial charge on any atom is -0.277 e. The van der Waals surface area contributed by atoms with Crippen LogP contribution in [-0.4, -0.2) is 34.1 Å². The second-order valence-electron chi connectivity index (χ2n) is 2.56. The van der Waals surface area contributed by atoms with E-state index in [-0.39, 0.29) is 5.06 Å². The van der Waals surface area contributed by atoms with E-state index >= 15 is 0 Å². The molecule has 0 saturated heterocycles. The number of carbonyl (C=O) groups is 2. The summed E-state index contributed by atoms with van der Waals surface area (Å²) < 4.78 is 0. The number of hydrogen-bond acceptors (Lipinski definition) is 4. The molecule has 2 rings (SSSR count). The summed E-state index contributed by atoms with van der Waals surface area (Å²) in [6.07, 6.45) is 4.23. The van der Waals surface area contributed by atoms with Gasteiger partial charge in [0, 0.05) is 12.4 Å². The van der Waals surface area contributed by atoms with Crippen LogP contribution < -0.4 is 0 Å². The molecule has 3 amide bonds. The molecule has 0 aromatic carbocycles. The fourth-order valence-corrected chi connectivity index (χ4v) is 1.12. The van der Waals surface area contributed by atoms with E-state index < -0.39 is 17.9 Å². The summed E-state index contributed by atoms with van der Waals surface area (Å²) in [5.41, 5.74) is 0.315. The normalized spacial score (nSPS) is 26.1. The summed E-state index contributed by atoms with van der Waals surface area (Å²) in [4.78, 5) is 29.3. The van der Waals surface area contributed by atoms with Crippen LogP contribution in [0.5, 0.6) is 0 Å². The van der Waals surface area contributed by atoms with Crippen LogP contribution in [0.15, 0.2) is 22.3 Å². The molecular weight excluding hydrogens is 174 g/mol. The molecular formula is C7H5N3O3. The minimum atomic E-state index is -0.962. The summed E-state index contributed by atoms with van der Waals surface area (Å²) in [5.74, 6) is -1.45. The van der Waals surface area contributed by atoms with Crippen molar-refractivity contribution >= 4 is 23.9 Å². The van der Waals surface area contributed by atoms with E-state index in [0.29, 0.717) is 5.71 Å². The highest BCUT2D eigenvalue weighted by Crippen LogP contribution is 2.14. The van der Waals surface area contributed by atoms with Crippen molar-refractivity contribution in [2.45, 2.75) is 0 Å². The first-order valence-corrected chi connectivity index (χ1v) is 3.55. The van der Waals surface area contributed by atoms with E-state index in [9.17, 15) is 9.59 Å². The monoisotopic (exact) mass is 179 g/mol. The number of hydrogen-bond donors (Lipinski definition) is 1. The van der Waals surface area contributed by atoms with Gasteiger partial charge in [-0.25, -0.2) is 4.79 Å². The average Bonchev–Trinajstić information content (AvgIpc) is 2.15. The van der Waals surface area contributed by atoms with Crippen LogP contribution in [0.2, 0.25) is 0 Å². The van der Waals surface area contributed by atoms with Gasteiger partial charge in [0.2, 0.25) is 0 Å². The molecule has 2 aliphatic rings. The Labute approximate surface area is 72.8 Å². The first-order chi connectivity index (χ1) is 6.20. The van der Waals surface area contributed by atoms with Gasteiger partial charge in [0.1, 0.15) is 5.92 Å². The second-order valence-corrected chi connectivity index (χ2v) is 2.56. The SMILES string of the molecule is O=C1N=C2C=CN=CC2C(=O)N1O. The number of nitrogens with zero attached hydrogens (tertiary/aromatic N) is 3. The van der Waals surface area contributed by atoms with Crippen molar-refractivity contribution in [1.82, 2.24) is 5.06 Å². The Morgan fingerprint density at radius 1 is 1.46 bits per heavy atom. The fourth-order valence-electron chi connectivity index (χ4n) is 1.12. The molecule has 2 heterocycles. The quantitative estimate of drug-likeness (QED) is 0.531. The van der Waals surface area contributed by atoms with Gasteiger partial charge in [-0.05, 0) is 6.08 Å². The van der Waals surface area contributed by atoms with Crippen molar-refractivity contribution < 1.29 is 14.8 Å². The number of aliphatic imine (C=N–C) groups is 2. The molecule has 0 aromatic rings. The van der Waals surface area contributed by atoms with Gasteiger partial charge < -0.3 is 0 Å². The molecule has 6 nitrogen and oxygen atoms in total. The molecule has 0 fully saturated rings. The van der Waals surface area contributed by atoms with Gasteiger partial charge in [-0.1, -0.05) is 0 Å². The predicted octanol–water partition coefficient (Wildman–Crippen LogP) is -0.00690. The summed E-state index contributed by atoms with van der Waals surface area (Å²) in [5, 5.41) is 8.93. The Kier molecular flexibility index (Phi) is 1.56. The lowest BCUT2D eigenvalue weighted by atomic mass is 10.0. The van der Waals surface area contributed by atoms with Gasteiger partial charge in [0.15, 0.2) is 0 Å². The maximum absolute atomic E-state index is 11.2.